The third-order valence-electron chi connectivity index (χ3n) is 5.79. The maximum absolute atomic E-state index is 12.7. The Morgan fingerprint density at radius 1 is 1.00 bits per heavy atom. The van der Waals surface area contributed by atoms with E-state index in [4.69, 9.17) is 0 Å². The lowest BCUT2D eigenvalue weighted by Crippen LogP contribution is -2.46. The fraction of sp³-hybridized carbons (Fsp3) is 0.435. The van der Waals surface area contributed by atoms with Gasteiger partial charge in [0.15, 0.2) is 0 Å². The molecule has 0 aliphatic carbocycles. The average molecular weight is 408 g/mol. The summed E-state index contributed by atoms with van der Waals surface area (Å²) in [5.74, 6) is -0.122. The van der Waals surface area contributed by atoms with Crippen molar-refractivity contribution < 1.29 is 9.59 Å². The molecule has 2 aliphatic rings. The summed E-state index contributed by atoms with van der Waals surface area (Å²) in [7, 11) is 0. The quantitative estimate of drug-likeness (QED) is 0.769. The third-order valence-corrected chi connectivity index (χ3v) is 5.79. The van der Waals surface area contributed by atoms with Crippen molar-refractivity contribution in [2.24, 2.45) is 0 Å². The van der Waals surface area contributed by atoms with Crippen molar-refractivity contribution in [3.05, 3.63) is 54.4 Å². The smallest absolute Gasteiger partial charge is 0.270 e. The van der Waals surface area contributed by atoms with Crippen molar-refractivity contribution in [2.75, 3.05) is 42.9 Å². The van der Waals surface area contributed by atoms with E-state index in [9.17, 15) is 9.59 Å². The zero-order valence-corrected chi connectivity index (χ0v) is 17.2. The minimum Gasteiger partial charge on any atom is -0.371 e. The number of hydrogen-bond donors (Lipinski definition) is 2. The highest BCUT2D eigenvalue weighted by atomic mass is 16.2. The molecule has 0 radical (unpaired) electrons. The Bertz CT molecular complexity index is 859. The second-order valence-electron chi connectivity index (χ2n) is 8.03. The summed E-state index contributed by atoms with van der Waals surface area (Å²) in [4.78, 5) is 33.6. The molecule has 7 heteroatoms. The SMILES string of the molecule is O=C(CN1CCC(NC(=O)c2cc(N3CCCC3)ccn2)CC1)Nc1ccccc1. The molecule has 0 bridgehead atoms. The molecule has 0 unspecified atom stereocenters. The van der Waals surface area contributed by atoms with E-state index in [2.05, 4.69) is 25.4 Å². The Morgan fingerprint density at radius 2 is 1.73 bits per heavy atom. The Labute approximate surface area is 177 Å². The minimum atomic E-state index is -0.115. The predicted molar refractivity (Wildman–Crippen MR) is 118 cm³/mol. The van der Waals surface area contributed by atoms with Gasteiger partial charge in [-0.1, -0.05) is 18.2 Å². The number of carbonyl (C=O) groups is 2. The van der Waals surface area contributed by atoms with E-state index in [1.807, 2.05) is 42.5 Å². The van der Waals surface area contributed by atoms with Crippen LogP contribution in [0.3, 0.4) is 0 Å². The number of aromatic nitrogens is 1. The molecule has 0 atom stereocenters. The zero-order chi connectivity index (χ0) is 20.8. The molecular weight excluding hydrogens is 378 g/mol. The van der Waals surface area contributed by atoms with Gasteiger partial charge in [-0.25, -0.2) is 0 Å². The normalized spacial score (nSPS) is 17.7. The number of hydrogen-bond acceptors (Lipinski definition) is 5. The van der Waals surface area contributed by atoms with Gasteiger partial charge >= 0.3 is 0 Å². The molecule has 0 saturated carbocycles. The van der Waals surface area contributed by atoms with E-state index in [1.165, 1.54) is 12.8 Å². The number of piperidine rings is 1. The summed E-state index contributed by atoms with van der Waals surface area (Å²) >= 11 is 0. The number of carbonyl (C=O) groups excluding carboxylic acids is 2. The van der Waals surface area contributed by atoms with Crippen LogP contribution in [0.1, 0.15) is 36.2 Å². The molecule has 1 aromatic carbocycles. The third kappa shape index (κ3) is 5.36. The highest BCUT2D eigenvalue weighted by molar-refractivity contribution is 5.93. The van der Waals surface area contributed by atoms with E-state index in [0.717, 1.165) is 50.4 Å². The molecule has 0 spiro atoms. The van der Waals surface area contributed by atoms with Crippen molar-refractivity contribution >= 4 is 23.2 Å². The van der Waals surface area contributed by atoms with Crippen molar-refractivity contribution in [2.45, 2.75) is 31.7 Å². The largest absolute Gasteiger partial charge is 0.371 e. The van der Waals surface area contributed by atoms with E-state index < -0.39 is 0 Å². The number of rotatable bonds is 6. The van der Waals surface area contributed by atoms with Gasteiger partial charge in [0.2, 0.25) is 5.91 Å². The first kappa shape index (κ1) is 20.3. The van der Waals surface area contributed by atoms with E-state index in [0.29, 0.717) is 12.2 Å². The Hall–Kier alpha value is -2.93. The Kier molecular flexibility index (Phi) is 6.59. The molecule has 3 heterocycles. The zero-order valence-electron chi connectivity index (χ0n) is 17.2. The first-order valence-electron chi connectivity index (χ1n) is 10.8. The van der Waals surface area contributed by atoms with E-state index >= 15 is 0 Å². The number of benzene rings is 1. The maximum atomic E-state index is 12.7. The summed E-state index contributed by atoms with van der Waals surface area (Å²) in [6.07, 6.45) is 5.78. The molecule has 2 N–H and O–H groups in total. The molecule has 7 nitrogen and oxygen atoms in total. The van der Waals surface area contributed by atoms with Gasteiger partial charge in [-0.2, -0.15) is 0 Å². The predicted octanol–water partition coefficient (Wildman–Crippen LogP) is 2.51. The first-order chi connectivity index (χ1) is 14.7. The molecule has 30 heavy (non-hydrogen) atoms. The van der Waals surface area contributed by atoms with Crippen LogP contribution in [0.4, 0.5) is 11.4 Å². The molecule has 2 fully saturated rings. The highest BCUT2D eigenvalue weighted by Crippen LogP contribution is 2.20. The van der Waals surface area contributed by atoms with Crippen LogP contribution in [0.2, 0.25) is 0 Å². The fourth-order valence-electron chi connectivity index (χ4n) is 4.14. The molecule has 2 amide bonds. The molecule has 2 aliphatic heterocycles. The van der Waals surface area contributed by atoms with Crippen molar-refractivity contribution in [1.29, 1.82) is 0 Å². The first-order valence-corrected chi connectivity index (χ1v) is 10.8. The summed E-state index contributed by atoms with van der Waals surface area (Å²) in [6.45, 7) is 4.03. The molecule has 4 rings (SSSR count). The minimum absolute atomic E-state index is 0.00777. The standard InChI is InChI=1S/C23H29N5O2/c29-22(25-18-6-2-1-3-7-18)17-27-14-9-19(10-15-27)26-23(30)21-16-20(8-11-24-21)28-12-4-5-13-28/h1-3,6-8,11,16,19H,4-5,9-10,12-15,17H2,(H,25,29)(H,26,30). The number of likely N-dealkylation sites (tertiary alicyclic amines) is 1. The summed E-state index contributed by atoms with van der Waals surface area (Å²) in [5, 5.41) is 6.04. The summed E-state index contributed by atoms with van der Waals surface area (Å²) in [6, 6.07) is 13.5. The number of nitrogens with one attached hydrogen (secondary N) is 2. The van der Waals surface area contributed by atoms with Crippen LogP contribution < -0.4 is 15.5 Å². The molecule has 2 aromatic rings. The van der Waals surface area contributed by atoms with Crippen LogP contribution in [0, 0.1) is 0 Å². The maximum Gasteiger partial charge on any atom is 0.270 e. The Balaban J connectivity index is 1.23. The number of amides is 2. The van der Waals surface area contributed by atoms with Gasteiger partial charge in [0.25, 0.3) is 5.91 Å². The van der Waals surface area contributed by atoms with Gasteiger partial charge in [0, 0.05) is 49.8 Å². The van der Waals surface area contributed by atoms with Crippen molar-refractivity contribution in [3.63, 3.8) is 0 Å². The van der Waals surface area contributed by atoms with E-state index in [1.54, 1.807) is 6.20 Å². The lowest BCUT2D eigenvalue weighted by atomic mass is 10.0. The molecule has 2 saturated heterocycles. The van der Waals surface area contributed by atoms with Crippen molar-refractivity contribution in [1.82, 2.24) is 15.2 Å². The van der Waals surface area contributed by atoms with Crippen molar-refractivity contribution in [3.8, 4) is 0 Å². The number of pyridine rings is 1. The summed E-state index contributed by atoms with van der Waals surface area (Å²) in [5.41, 5.74) is 2.37. The van der Waals surface area contributed by atoms with Crippen LogP contribution in [-0.4, -0.2) is 60.5 Å². The second kappa shape index (κ2) is 9.71. The van der Waals surface area contributed by atoms with Gasteiger partial charge in [-0.15, -0.1) is 0 Å². The highest BCUT2D eigenvalue weighted by Gasteiger charge is 2.23. The number of para-hydroxylation sites is 1. The molecule has 158 valence electrons. The lowest BCUT2D eigenvalue weighted by Gasteiger charge is -2.31. The van der Waals surface area contributed by atoms with E-state index in [-0.39, 0.29) is 17.9 Å². The van der Waals surface area contributed by atoms with Crippen LogP contribution in [0.25, 0.3) is 0 Å². The topological polar surface area (TPSA) is 77.6 Å². The van der Waals surface area contributed by atoms with Gasteiger partial charge < -0.3 is 15.5 Å². The monoisotopic (exact) mass is 407 g/mol. The van der Waals surface area contributed by atoms with Gasteiger partial charge in [0.05, 0.1) is 6.54 Å². The second-order valence-corrected chi connectivity index (χ2v) is 8.03. The van der Waals surface area contributed by atoms with Gasteiger partial charge in [-0.05, 0) is 49.9 Å². The van der Waals surface area contributed by atoms with Crippen LogP contribution in [0.5, 0.6) is 0 Å². The van der Waals surface area contributed by atoms with Crippen LogP contribution in [-0.2, 0) is 4.79 Å². The Morgan fingerprint density at radius 3 is 2.47 bits per heavy atom. The number of nitrogens with zero attached hydrogens (tertiary/aromatic N) is 3. The van der Waals surface area contributed by atoms with Gasteiger partial charge in [0.1, 0.15) is 5.69 Å². The van der Waals surface area contributed by atoms with Crippen LogP contribution in [0.15, 0.2) is 48.7 Å². The number of anilines is 2. The molecule has 1 aromatic heterocycles. The summed E-state index contributed by atoms with van der Waals surface area (Å²) < 4.78 is 0. The van der Waals surface area contributed by atoms with Gasteiger partial charge in [-0.3, -0.25) is 19.5 Å². The lowest BCUT2D eigenvalue weighted by molar-refractivity contribution is -0.117. The molecular formula is C23H29N5O2. The van der Waals surface area contributed by atoms with Crippen LogP contribution >= 0.6 is 0 Å². The average Bonchev–Trinajstić information content (AvgIpc) is 3.31. The fourth-order valence-corrected chi connectivity index (χ4v) is 4.14.